The number of aliphatic carboxylic acids is 1. The quantitative estimate of drug-likeness (QED) is 0.649. The summed E-state index contributed by atoms with van der Waals surface area (Å²) in [6, 6.07) is 9.27. The molecule has 6 nitrogen and oxygen atoms in total. The van der Waals surface area contributed by atoms with Crippen LogP contribution >= 0.6 is 0 Å². The average molecular weight is 308 g/mol. The largest absolute Gasteiger partial charge is 0.480 e. The molecule has 22 heavy (non-hydrogen) atoms. The van der Waals surface area contributed by atoms with E-state index in [0.717, 1.165) is 12.0 Å². The van der Waals surface area contributed by atoms with Crippen LogP contribution in [0.25, 0.3) is 0 Å². The summed E-state index contributed by atoms with van der Waals surface area (Å²) in [5, 5.41) is 14.2. The maximum atomic E-state index is 11.8. The predicted octanol–water partition coefficient (Wildman–Crippen LogP) is 2.00. The zero-order valence-electron chi connectivity index (χ0n) is 13.0. The maximum absolute atomic E-state index is 11.8. The lowest BCUT2D eigenvalue weighted by molar-refractivity contribution is -0.135. The fraction of sp³-hybridized carbons (Fsp3) is 0.500. The third-order valence-electron chi connectivity index (χ3n) is 2.96. The van der Waals surface area contributed by atoms with Crippen LogP contribution < -0.4 is 10.6 Å². The molecule has 0 heterocycles. The van der Waals surface area contributed by atoms with Gasteiger partial charge >= 0.3 is 12.1 Å². The summed E-state index contributed by atoms with van der Waals surface area (Å²) in [4.78, 5) is 22.3. The average Bonchev–Trinajstić information content (AvgIpc) is 2.45. The van der Waals surface area contributed by atoms with Gasteiger partial charge in [0.05, 0.1) is 6.54 Å². The molecule has 0 saturated carbocycles. The molecule has 0 aromatic heterocycles. The molecule has 0 unspecified atom stereocenters. The highest BCUT2D eigenvalue weighted by molar-refractivity contribution is 5.69. The van der Waals surface area contributed by atoms with Crippen LogP contribution in [0, 0.1) is 5.92 Å². The lowest BCUT2D eigenvalue weighted by Gasteiger charge is -2.20. The molecule has 3 N–H and O–H groups in total. The number of carbonyl (C=O) groups excluding carboxylic acids is 1. The summed E-state index contributed by atoms with van der Waals surface area (Å²) in [7, 11) is 0. The summed E-state index contributed by atoms with van der Waals surface area (Å²) < 4.78 is 5.17. The van der Waals surface area contributed by atoms with Crippen molar-refractivity contribution < 1.29 is 19.4 Å². The number of benzene rings is 1. The number of carboxylic acids is 1. The van der Waals surface area contributed by atoms with Gasteiger partial charge in [-0.1, -0.05) is 44.2 Å². The Bertz CT molecular complexity index is 462. The smallest absolute Gasteiger partial charge is 0.407 e. The van der Waals surface area contributed by atoms with Crippen molar-refractivity contribution in [1.29, 1.82) is 0 Å². The number of ether oxygens (including phenoxy) is 1. The van der Waals surface area contributed by atoms with Crippen molar-refractivity contribution in [2.75, 3.05) is 13.1 Å². The summed E-state index contributed by atoms with van der Waals surface area (Å²) in [5.74, 6) is -0.541. The van der Waals surface area contributed by atoms with Gasteiger partial charge in [-0.05, 0) is 17.9 Å². The van der Waals surface area contributed by atoms with Crippen LogP contribution in [-0.4, -0.2) is 36.3 Å². The van der Waals surface area contributed by atoms with Crippen molar-refractivity contribution in [3.8, 4) is 0 Å². The summed E-state index contributed by atoms with van der Waals surface area (Å²) in [5.41, 5.74) is 0.919. The molecule has 1 rings (SSSR count). The second-order valence-corrected chi connectivity index (χ2v) is 5.56. The second kappa shape index (κ2) is 9.78. The first-order valence-electron chi connectivity index (χ1n) is 7.37. The number of amides is 1. The maximum Gasteiger partial charge on any atom is 0.407 e. The minimum absolute atomic E-state index is 0.130. The van der Waals surface area contributed by atoms with Crippen molar-refractivity contribution in [3.63, 3.8) is 0 Å². The highest BCUT2D eigenvalue weighted by atomic mass is 16.5. The van der Waals surface area contributed by atoms with Crippen LogP contribution in [0.15, 0.2) is 30.3 Å². The summed E-state index contributed by atoms with van der Waals surface area (Å²) in [6.45, 7) is 4.56. The number of carbonyl (C=O) groups is 2. The molecule has 0 aliphatic heterocycles. The number of nitrogens with one attached hydrogen (secondary N) is 2. The predicted molar refractivity (Wildman–Crippen MR) is 83.5 cm³/mol. The van der Waals surface area contributed by atoms with Crippen LogP contribution in [0.1, 0.15) is 25.8 Å². The van der Waals surface area contributed by atoms with Gasteiger partial charge in [-0.25, -0.2) is 4.79 Å². The molecule has 0 radical (unpaired) electrons. The van der Waals surface area contributed by atoms with Gasteiger partial charge in [-0.15, -0.1) is 0 Å². The molecule has 1 amide bonds. The first-order valence-corrected chi connectivity index (χ1v) is 7.37. The van der Waals surface area contributed by atoms with Gasteiger partial charge in [0.2, 0.25) is 0 Å². The van der Waals surface area contributed by atoms with Crippen molar-refractivity contribution in [2.24, 2.45) is 5.92 Å². The van der Waals surface area contributed by atoms with Gasteiger partial charge < -0.3 is 20.5 Å². The van der Waals surface area contributed by atoms with Crippen LogP contribution in [-0.2, 0) is 16.1 Å². The molecule has 6 heteroatoms. The fourth-order valence-corrected chi connectivity index (χ4v) is 2.05. The summed E-state index contributed by atoms with van der Waals surface area (Å²) in [6.07, 6.45) is 0.249. The Hall–Kier alpha value is -2.08. The first kappa shape index (κ1) is 18.0. The van der Waals surface area contributed by atoms with Gasteiger partial charge in [-0.2, -0.15) is 0 Å². The van der Waals surface area contributed by atoms with E-state index in [-0.39, 0.29) is 19.2 Å². The van der Waals surface area contributed by atoms with E-state index in [2.05, 4.69) is 10.6 Å². The molecule has 1 aromatic rings. The number of rotatable bonds is 9. The second-order valence-electron chi connectivity index (χ2n) is 5.56. The minimum atomic E-state index is -0.921. The molecule has 0 spiro atoms. The van der Waals surface area contributed by atoms with E-state index in [1.165, 1.54) is 0 Å². The summed E-state index contributed by atoms with van der Waals surface area (Å²) >= 11 is 0. The van der Waals surface area contributed by atoms with Crippen molar-refractivity contribution in [2.45, 2.75) is 32.9 Å². The van der Waals surface area contributed by atoms with E-state index in [4.69, 9.17) is 9.84 Å². The van der Waals surface area contributed by atoms with Gasteiger partial charge in [0.15, 0.2) is 0 Å². The topological polar surface area (TPSA) is 87.7 Å². The molecular weight excluding hydrogens is 284 g/mol. The molecule has 1 atom stereocenters. The molecule has 0 bridgehead atoms. The van der Waals surface area contributed by atoms with E-state index in [0.29, 0.717) is 12.5 Å². The van der Waals surface area contributed by atoms with Crippen LogP contribution in [0.5, 0.6) is 0 Å². The molecule has 0 fully saturated rings. The highest BCUT2D eigenvalue weighted by Gasteiger charge is 2.15. The molecule has 0 saturated heterocycles. The Labute approximate surface area is 130 Å². The van der Waals surface area contributed by atoms with Crippen molar-refractivity contribution >= 4 is 12.1 Å². The molecule has 122 valence electrons. The number of hydrogen-bond donors (Lipinski definition) is 3. The zero-order chi connectivity index (χ0) is 16.4. The van der Waals surface area contributed by atoms with Gasteiger partial charge in [-0.3, -0.25) is 4.79 Å². The van der Waals surface area contributed by atoms with Gasteiger partial charge in [0.25, 0.3) is 0 Å². The van der Waals surface area contributed by atoms with E-state index in [9.17, 15) is 9.59 Å². The Morgan fingerprint density at radius 3 is 2.50 bits per heavy atom. The lowest BCUT2D eigenvalue weighted by Crippen LogP contribution is -2.44. The number of alkyl carbamates (subject to hydrolysis) is 1. The molecule has 1 aromatic carbocycles. The van der Waals surface area contributed by atoms with Crippen LogP contribution in [0.2, 0.25) is 0 Å². The van der Waals surface area contributed by atoms with E-state index in [1.807, 2.05) is 44.2 Å². The standard InChI is InChI=1S/C16H24N2O4/c1-12(2)8-14(9-17-10-15(19)20)18-16(21)22-11-13-6-4-3-5-7-13/h3-7,12,14,17H,8-11H2,1-2H3,(H,18,21)(H,19,20)/t14-/m1/s1. The Kier molecular flexibility index (Phi) is 7.99. The van der Waals surface area contributed by atoms with Gasteiger partial charge in [0, 0.05) is 12.6 Å². The SMILES string of the molecule is CC(C)C[C@H](CNCC(=O)O)NC(=O)OCc1ccccc1. The van der Waals surface area contributed by atoms with Crippen molar-refractivity contribution in [1.82, 2.24) is 10.6 Å². The molecule has 0 aliphatic carbocycles. The van der Waals surface area contributed by atoms with E-state index in [1.54, 1.807) is 0 Å². The van der Waals surface area contributed by atoms with Crippen LogP contribution in [0.3, 0.4) is 0 Å². The number of carboxylic acid groups (broad SMARTS) is 1. The Balaban J connectivity index is 2.38. The Morgan fingerprint density at radius 1 is 1.23 bits per heavy atom. The third-order valence-corrected chi connectivity index (χ3v) is 2.96. The lowest BCUT2D eigenvalue weighted by atomic mass is 10.0. The third kappa shape index (κ3) is 8.26. The van der Waals surface area contributed by atoms with E-state index >= 15 is 0 Å². The van der Waals surface area contributed by atoms with Gasteiger partial charge in [0.1, 0.15) is 6.61 Å². The molecule has 0 aliphatic rings. The number of hydrogen-bond acceptors (Lipinski definition) is 4. The normalized spacial score (nSPS) is 12.0. The Morgan fingerprint density at radius 2 is 1.91 bits per heavy atom. The minimum Gasteiger partial charge on any atom is -0.480 e. The van der Waals surface area contributed by atoms with Crippen LogP contribution in [0.4, 0.5) is 4.79 Å². The van der Waals surface area contributed by atoms with Crippen molar-refractivity contribution in [3.05, 3.63) is 35.9 Å². The first-order chi connectivity index (χ1) is 10.5. The molecular formula is C16H24N2O4. The zero-order valence-corrected chi connectivity index (χ0v) is 13.0. The highest BCUT2D eigenvalue weighted by Crippen LogP contribution is 2.05. The fourth-order valence-electron chi connectivity index (χ4n) is 2.05. The van der Waals surface area contributed by atoms with E-state index < -0.39 is 12.1 Å². The monoisotopic (exact) mass is 308 g/mol.